The lowest BCUT2D eigenvalue weighted by Crippen LogP contribution is -1.98. The van der Waals surface area contributed by atoms with Gasteiger partial charge in [-0.1, -0.05) is 103 Å². The van der Waals surface area contributed by atoms with Gasteiger partial charge in [-0.2, -0.15) is 21.0 Å². The topological polar surface area (TPSA) is 100 Å². The highest BCUT2D eigenvalue weighted by molar-refractivity contribution is 6.12. The molecule has 0 fully saturated rings. The van der Waals surface area contributed by atoms with Crippen molar-refractivity contribution < 1.29 is 0 Å². The van der Waals surface area contributed by atoms with E-state index in [1.807, 2.05) is 48.5 Å². The van der Waals surface area contributed by atoms with Crippen LogP contribution in [0.5, 0.6) is 0 Å². The van der Waals surface area contributed by atoms with Crippen molar-refractivity contribution in [3.05, 3.63) is 198 Å². The average molecular weight is 724 g/mol. The van der Waals surface area contributed by atoms with E-state index in [2.05, 4.69) is 144 Å². The minimum absolute atomic E-state index is 0.418. The highest BCUT2D eigenvalue weighted by atomic mass is 15.0. The Kier molecular flexibility index (Phi) is 8.66. The second-order valence-electron chi connectivity index (χ2n) is 13.9. The zero-order valence-electron chi connectivity index (χ0n) is 30.5. The second-order valence-corrected chi connectivity index (χ2v) is 13.9. The molecule has 0 amide bonds. The highest BCUT2D eigenvalue weighted by Crippen LogP contribution is 2.43. The van der Waals surface area contributed by atoms with Gasteiger partial charge in [-0.3, -0.25) is 0 Å². The van der Waals surface area contributed by atoms with Crippen LogP contribution < -0.4 is 0 Å². The smallest absolute Gasteiger partial charge is 0.0992 e. The zero-order valence-corrected chi connectivity index (χ0v) is 30.5. The Labute approximate surface area is 330 Å². The second kappa shape index (κ2) is 14.4. The Hall–Kier alpha value is -8.48. The molecule has 8 aromatic carbocycles. The molecule has 9 aromatic rings. The third-order valence-electron chi connectivity index (χ3n) is 10.5. The molecular formula is C52H29N5. The number of fused-ring (bicyclic) bond motifs is 3. The maximum atomic E-state index is 9.77. The van der Waals surface area contributed by atoms with E-state index in [0.29, 0.717) is 22.3 Å². The molecule has 0 N–H and O–H groups in total. The molecular weight excluding hydrogens is 695 g/mol. The number of benzene rings is 8. The molecule has 5 heteroatoms. The van der Waals surface area contributed by atoms with Gasteiger partial charge < -0.3 is 4.57 Å². The summed E-state index contributed by atoms with van der Waals surface area (Å²) in [6.45, 7) is 0. The van der Waals surface area contributed by atoms with E-state index in [9.17, 15) is 21.0 Å². The van der Waals surface area contributed by atoms with Crippen LogP contribution in [0.25, 0.3) is 83.1 Å². The van der Waals surface area contributed by atoms with Gasteiger partial charge in [0.15, 0.2) is 0 Å². The summed E-state index contributed by atoms with van der Waals surface area (Å²) in [5.41, 5.74) is 14.6. The number of hydrogen-bond donors (Lipinski definition) is 0. The molecule has 0 radical (unpaired) electrons. The van der Waals surface area contributed by atoms with Crippen molar-refractivity contribution in [3.63, 3.8) is 0 Å². The van der Waals surface area contributed by atoms with Crippen LogP contribution in [-0.2, 0) is 0 Å². The van der Waals surface area contributed by atoms with Crippen molar-refractivity contribution in [1.82, 2.24) is 4.57 Å². The largest absolute Gasteiger partial charge is 0.309 e. The fraction of sp³-hybridized carbons (Fsp3) is 0. The van der Waals surface area contributed by atoms with Gasteiger partial charge in [0, 0.05) is 16.3 Å². The molecule has 0 unspecified atom stereocenters. The fourth-order valence-electron chi connectivity index (χ4n) is 7.83. The lowest BCUT2D eigenvalue weighted by atomic mass is 9.90. The Morgan fingerprint density at radius 2 is 0.737 bits per heavy atom. The third-order valence-corrected chi connectivity index (χ3v) is 10.5. The van der Waals surface area contributed by atoms with Gasteiger partial charge in [0.1, 0.15) is 0 Å². The Morgan fingerprint density at radius 1 is 0.298 bits per heavy atom. The predicted molar refractivity (Wildman–Crippen MR) is 227 cm³/mol. The van der Waals surface area contributed by atoms with Gasteiger partial charge in [-0.25, -0.2) is 0 Å². The molecule has 1 aromatic heterocycles. The summed E-state index contributed by atoms with van der Waals surface area (Å²) in [6.07, 6.45) is 0. The normalized spacial score (nSPS) is 10.7. The molecule has 262 valence electrons. The van der Waals surface area contributed by atoms with Crippen LogP contribution in [0.1, 0.15) is 22.3 Å². The monoisotopic (exact) mass is 723 g/mol. The number of nitriles is 4. The fourth-order valence-corrected chi connectivity index (χ4v) is 7.83. The van der Waals surface area contributed by atoms with Crippen LogP contribution in [0.15, 0.2) is 176 Å². The van der Waals surface area contributed by atoms with Gasteiger partial charge in [-0.05, 0) is 123 Å². The van der Waals surface area contributed by atoms with E-state index in [1.54, 1.807) is 12.1 Å². The Bertz CT molecular complexity index is 3020. The SMILES string of the molecule is N#Cc1cc(C#N)cc(-c2ccc3c(c2)c2cc(-c4cc(C#N)cc(C#N)c4)ccc2n3-c2ccccc2-c2ccc(-c3ccccc3)cc2-c2ccccc2)c1. The van der Waals surface area contributed by atoms with E-state index >= 15 is 0 Å². The molecule has 1 heterocycles. The molecule has 0 aliphatic rings. The quantitative estimate of drug-likeness (QED) is 0.170. The summed E-state index contributed by atoms with van der Waals surface area (Å²) in [7, 11) is 0. The zero-order chi connectivity index (χ0) is 38.9. The first kappa shape index (κ1) is 34.3. The standard InChI is InChI=1S/C52H29N5/c53-30-34-21-35(31-54)24-43(23-34)41-16-19-51-48(28-41)49-29-42(44-25-36(32-55)22-37(26-44)33-56)17-20-52(49)57(51)50-14-8-7-13-46(50)45-18-15-40(38-9-3-1-4-10-38)27-47(45)39-11-5-2-6-12-39/h1-29H. The van der Waals surface area contributed by atoms with Crippen LogP contribution in [-0.4, -0.2) is 4.57 Å². The Morgan fingerprint density at radius 3 is 1.25 bits per heavy atom. The number of rotatable bonds is 6. The van der Waals surface area contributed by atoms with Crippen molar-refractivity contribution in [2.45, 2.75) is 0 Å². The number of hydrogen-bond acceptors (Lipinski definition) is 4. The first-order valence-corrected chi connectivity index (χ1v) is 18.4. The van der Waals surface area contributed by atoms with Crippen LogP contribution in [0, 0.1) is 45.3 Å². The number of para-hydroxylation sites is 1. The summed E-state index contributed by atoms with van der Waals surface area (Å²) in [4.78, 5) is 0. The Balaban J connectivity index is 1.32. The molecule has 0 atom stereocenters. The molecule has 0 spiro atoms. The molecule has 0 saturated heterocycles. The van der Waals surface area contributed by atoms with Crippen molar-refractivity contribution in [2.24, 2.45) is 0 Å². The molecule has 0 saturated carbocycles. The minimum Gasteiger partial charge on any atom is -0.309 e. The highest BCUT2D eigenvalue weighted by Gasteiger charge is 2.20. The van der Waals surface area contributed by atoms with Crippen molar-refractivity contribution in [3.8, 4) is 85.6 Å². The summed E-state index contributed by atoms with van der Waals surface area (Å²) >= 11 is 0. The third kappa shape index (κ3) is 6.25. The van der Waals surface area contributed by atoms with Crippen molar-refractivity contribution in [2.75, 3.05) is 0 Å². The first-order chi connectivity index (χ1) is 28.0. The van der Waals surface area contributed by atoms with Gasteiger partial charge in [0.25, 0.3) is 0 Å². The van der Waals surface area contributed by atoms with E-state index in [-0.39, 0.29) is 0 Å². The van der Waals surface area contributed by atoms with Gasteiger partial charge in [-0.15, -0.1) is 0 Å². The average Bonchev–Trinajstić information content (AvgIpc) is 3.61. The minimum atomic E-state index is 0.418. The maximum absolute atomic E-state index is 9.77. The number of aromatic nitrogens is 1. The van der Waals surface area contributed by atoms with Crippen LogP contribution >= 0.6 is 0 Å². The van der Waals surface area contributed by atoms with E-state index < -0.39 is 0 Å². The van der Waals surface area contributed by atoms with Crippen molar-refractivity contribution >= 4 is 21.8 Å². The maximum Gasteiger partial charge on any atom is 0.0992 e. The van der Waals surface area contributed by atoms with Crippen molar-refractivity contribution in [1.29, 1.82) is 21.0 Å². The molecule has 0 aliphatic carbocycles. The number of nitrogens with zero attached hydrogens (tertiary/aromatic N) is 5. The van der Waals surface area contributed by atoms with E-state index in [4.69, 9.17) is 0 Å². The van der Waals surface area contributed by atoms with Crippen LogP contribution in [0.4, 0.5) is 0 Å². The first-order valence-electron chi connectivity index (χ1n) is 18.4. The summed E-state index contributed by atoms with van der Waals surface area (Å²) < 4.78 is 2.30. The lowest BCUT2D eigenvalue weighted by Gasteiger charge is -2.18. The molecule has 0 bridgehead atoms. The van der Waals surface area contributed by atoms with E-state index in [0.717, 1.165) is 83.1 Å². The summed E-state index contributed by atoms with van der Waals surface area (Å²) in [5.74, 6) is 0. The predicted octanol–water partition coefficient (Wildman–Crippen LogP) is 12.6. The molecule has 9 rings (SSSR count). The van der Waals surface area contributed by atoms with Gasteiger partial charge >= 0.3 is 0 Å². The lowest BCUT2D eigenvalue weighted by molar-refractivity contribution is 1.18. The molecule has 5 nitrogen and oxygen atoms in total. The molecule has 0 aliphatic heterocycles. The van der Waals surface area contributed by atoms with Crippen LogP contribution in [0.2, 0.25) is 0 Å². The summed E-state index contributed by atoms with van der Waals surface area (Å²) in [6, 6.07) is 67.8. The van der Waals surface area contributed by atoms with E-state index in [1.165, 1.54) is 0 Å². The van der Waals surface area contributed by atoms with Gasteiger partial charge in [0.05, 0.1) is 63.3 Å². The summed E-state index contributed by atoms with van der Waals surface area (Å²) in [5, 5.41) is 41.0. The van der Waals surface area contributed by atoms with Gasteiger partial charge in [0.2, 0.25) is 0 Å². The molecule has 57 heavy (non-hydrogen) atoms. The van der Waals surface area contributed by atoms with Crippen LogP contribution in [0.3, 0.4) is 0 Å².